The quantitative estimate of drug-likeness (QED) is 0.331. The SMILES string of the molecule is C=C(CCC(=C)c1ccc(CC)c(CC)c1)Nc1ccc(N2CCOCC2)c(-c2ccccc2)c1. The van der Waals surface area contributed by atoms with E-state index in [1.807, 2.05) is 0 Å². The zero-order valence-electron chi connectivity index (χ0n) is 21.3. The first kappa shape index (κ1) is 24.8. The Bertz CT molecular complexity index is 1160. The third-order valence-electron chi connectivity index (χ3n) is 6.86. The van der Waals surface area contributed by atoms with Crippen LogP contribution in [0.15, 0.2) is 85.6 Å². The van der Waals surface area contributed by atoms with Gasteiger partial charge in [-0.25, -0.2) is 0 Å². The molecule has 0 radical (unpaired) electrons. The second kappa shape index (κ2) is 11.9. The minimum absolute atomic E-state index is 0.774. The van der Waals surface area contributed by atoms with Gasteiger partial charge in [0.2, 0.25) is 0 Å². The molecule has 0 bridgehead atoms. The normalized spacial score (nSPS) is 13.5. The molecule has 3 aromatic rings. The molecule has 0 saturated carbocycles. The summed E-state index contributed by atoms with van der Waals surface area (Å²) in [7, 11) is 0. The average molecular weight is 467 g/mol. The van der Waals surface area contributed by atoms with Gasteiger partial charge in [-0.3, -0.25) is 0 Å². The molecule has 1 aliphatic rings. The number of anilines is 2. The van der Waals surface area contributed by atoms with Crippen LogP contribution in [-0.4, -0.2) is 26.3 Å². The van der Waals surface area contributed by atoms with Crippen molar-refractivity contribution in [3.63, 3.8) is 0 Å². The summed E-state index contributed by atoms with van der Waals surface area (Å²) in [4.78, 5) is 2.42. The van der Waals surface area contributed by atoms with Gasteiger partial charge in [0.1, 0.15) is 0 Å². The van der Waals surface area contributed by atoms with Crippen LogP contribution in [-0.2, 0) is 17.6 Å². The van der Waals surface area contributed by atoms with Crippen LogP contribution >= 0.6 is 0 Å². The summed E-state index contributed by atoms with van der Waals surface area (Å²) in [6.07, 6.45) is 3.87. The molecule has 3 aromatic carbocycles. The largest absolute Gasteiger partial charge is 0.378 e. The van der Waals surface area contributed by atoms with E-state index < -0.39 is 0 Å². The van der Waals surface area contributed by atoms with Crippen molar-refractivity contribution in [2.45, 2.75) is 39.5 Å². The zero-order valence-corrected chi connectivity index (χ0v) is 21.3. The molecule has 1 aliphatic heterocycles. The molecule has 0 unspecified atom stereocenters. The number of rotatable bonds is 10. The van der Waals surface area contributed by atoms with Crippen LogP contribution in [0.25, 0.3) is 16.7 Å². The summed E-state index contributed by atoms with van der Waals surface area (Å²) in [5.74, 6) is 0. The topological polar surface area (TPSA) is 24.5 Å². The van der Waals surface area contributed by atoms with E-state index in [1.165, 1.54) is 33.5 Å². The fourth-order valence-corrected chi connectivity index (χ4v) is 4.78. The van der Waals surface area contributed by atoms with Crippen LogP contribution in [0.2, 0.25) is 0 Å². The van der Waals surface area contributed by atoms with E-state index in [-0.39, 0.29) is 0 Å². The molecule has 0 atom stereocenters. The van der Waals surface area contributed by atoms with Crippen LogP contribution in [0.4, 0.5) is 11.4 Å². The molecule has 3 heteroatoms. The maximum atomic E-state index is 5.57. The molecule has 1 saturated heterocycles. The van der Waals surface area contributed by atoms with Gasteiger partial charge < -0.3 is 15.0 Å². The second-order valence-electron chi connectivity index (χ2n) is 9.22. The number of hydrogen-bond donors (Lipinski definition) is 1. The molecule has 0 spiro atoms. The molecule has 3 nitrogen and oxygen atoms in total. The summed E-state index contributed by atoms with van der Waals surface area (Å²) in [5.41, 5.74) is 11.1. The number of ether oxygens (including phenoxy) is 1. The molecule has 4 rings (SSSR count). The van der Waals surface area contributed by atoms with Gasteiger partial charge in [0.05, 0.1) is 13.2 Å². The van der Waals surface area contributed by atoms with E-state index in [2.05, 4.69) is 104 Å². The van der Waals surface area contributed by atoms with Gasteiger partial charge in [-0.15, -0.1) is 0 Å². The van der Waals surface area contributed by atoms with Gasteiger partial charge in [0, 0.05) is 35.7 Å². The number of nitrogens with one attached hydrogen (secondary N) is 1. The van der Waals surface area contributed by atoms with Gasteiger partial charge >= 0.3 is 0 Å². The van der Waals surface area contributed by atoms with Crippen LogP contribution in [0.5, 0.6) is 0 Å². The maximum Gasteiger partial charge on any atom is 0.0642 e. The van der Waals surface area contributed by atoms with Crippen molar-refractivity contribution in [3.8, 4) is 11.1 Å². The van der Waals surface area contributed by atoms with Gasteiger partial charge in [-0.05, 0) is 71.7 Å². The lowest BCUT2D eigenvalue weighted by Gasteiger charge is -2.31. The molecule has 0 amide bonds. The number of allylic oxidation sites excluding steroid dienone is 2. The smallest absolute Gasteiger partial charge is 0.0642 e. The lowest BCUT2D eigenvalue weighted by molar-refractivity contribution is 0.123. The third-order valence-corrected chi connectivity index (χ3v) is 6.86. The van der Waals surface area contributed by atoms with Gasteiger partial charge in [0.15, 0.2) is 0 Å². The molecule has 1 fully saturated rings. The Morgan fingerprint density at radius 2 is 1.60 bits per heavy atom. The minimum Gasteiger partial charge on any atom is -0.378 e. The van der Waals surface area contributed by atoms with Crippen molar-refractivity contribution in [1.82, 2.24) is 0 Å². The minimum atomic E-state index is 0.774. The summed E-state index contributed by atoms with van der Waals surface area (Å²) in [6.45, 7) is 16.5. The Labute approximate surface area is 211 Å². The molecule has 35 heavy (non-hydrogen) atoms. The molecule has 1 heterocycles. The first-order valence-corrected chi connectivity index (χ1v) is 12.9. The van der Waals surface area contributed by atoms with Crippen molar-refractivity contribution < 1.29 is 4.74 Å². The monoisotopic (exact) mass is 466 g/mol. The Morgan fingerprint density at radius 3 is 2.31 bits per heavy atom. The number of morpholine rings is 1. The second-order valence-corrected chi connectivity index (χ2v) is 9.22. The highest BCUT2D eigenvalue weighted by molar-refractivity contribution is 5.82. The predicted molar refractivity (Wildman–Crippen MR) is 151 cm³/mol. The van der Waals surface area contributed by atoms with Crippen molar-refractivity contribution in [2.24, 2.45) is 0 Å². The lowest BCUT2D eigenvalue weighted by atomic mass is 9.95. The molecule has 182 valence electrons. The maximum absolute atomic E-state index is 5.57. The van der Waals surface area contributed by atoms with Crippen LogP contribution in [0, 0.1) is 0 Å². The third kappa shape index (κ3) is 6.23. The van der Waals surface area contributed by atoms with Crippen molar-refractivity contribution in [3.05, 3.63) is 102 Å². The zero-order chi connectivity index (χ0) is 24.6. The van der Waals surface area contributed by atoms with Crippen LogP contribution < -0.4 is 10.2 Å². The number of aryl methyl sites for hydroxylation is 2. The highest BCUT2D eigenvalue weighted by Crippen LogP contribution is 2.34. The van der Waals surface area contributed by atoms with Gasteiger partial charge in [-0.1, -0.05) is 75.5 Å². The Balaban J connectivity index is 1.45. The summed E-state index contributed by atoms with van der Waals surface area (Å²) < 4.78 is 5.57. The molecular formula is C32H38N2O. The lowest BCUT2D eigenvalue weighted by Crippen LogP contribution is -2.36. The van der Waals surface area contributed by atoms with E-state index in [1.54, 1.807) is 0 Å². The van der Waals surface area contributed by atoms with Gasteiger partial charge in [-0.2, -0.15) is 0 Å². The fourth-order valence-electron chi connectivity index (χ4n) is 4.78. The average Bonchev–Trinajstić information content (AvgIpc) is 2.92. The fraction of sp³-hybridized carbons (Fsp3) is 0.312. The molecule has 0 aromatic heterocycles. The first-order chi connectivity index (χ1) is 17.1. The van der Waals surface area contributed by atoms with Crippen LogP contribution in [0.3, 0.4) is 0 Å². The van der Waals surface area contributed by atoms with E-state index in [9.17, 15) is 0 Å². The Morgan fingerprint density at radius 1 is 0.857 bits per heavy atom. The highest BCUT2D eigenvalue weighted by Gasteiger charge is 2.16. The first-order valence-electron chi connectivity index (χ1n) is 12.9. The molecule has 0 aliphatic carbocycles. The highest BCUT2D eigenvalue weighted by atomic mass is 16.5. The summed E-state index contributed by atoms with van der Waals surface area (Å²) in [6, 6.07) is 24.0. The van der Waals surface area contributed by atoms with Crippen molar-refractivity contribution >= 4 is 16.9 Å². The van der Waals surface area contributed by atoms with Crippen LogP contribution in [0.1, 0.15) is 43.4 Å². The molecular weight excluding hydrogens is 428 g/mol. The number of hydrogen-bond acceptors (Lipinski definition) is 3. The van der Waals surface area contributed by atoms with Crippen molar-refractivity contribution in [1.29, 1.82) is 0 Å². The standard InChI is InChI=1S/C32H38N2O/c1-5-26-14-15-29(22-27(26)6-2)24(3)12-13-25(4)33-30-16-17-32(34-18-20-35-21-19-34)31(23-30)28-10-8-7-9-11-28/h7-11,14-17,22-23,33H,3-6,12-13,18-21H2,1-2H3. The van der Waals surface area contributed by atoms with Gasteiger partial charge in [0.25, 0.3) is 0 Å². The molecule has 1 N–H and O–H groups in total. The van der Waals surface area contributed by atoms with Crippen molar-refractivity contribution in [2.75, 3.05) is 36.5 Å². The Kier molecular flexibility index (Phi) is 8.44. The van der Waals surface area contributed by atoms with E-state index in [4.69, 9.17) is 4.74 Å². The number of benzene rings is 3. The predicted octanol–water partition coefficient (Wildman–Crippen LogP) is 7.73. The number of nitrogens with zero attached hydrogens (tertiary/aromatic N) is 1. The summed E-state index contributed by atoms with van der Waals surface area (Å²) in [5, 5.41) is 3.55. The van der Waals surface area contributed by atoms with E-state index >= 15 is 0 Å². The summed E-state index contributed by atoms with van der Waals surface area (Å²) >= 11 is 0. The van der Waals surface area contributed by atoms with E-state index in [0.29, 0.717) is 0 Å². The Hall–Kier alpha value is -3.30. The van der Waals surface area contributed by atoms with E-state index in [0.717, 1.165) is 68.9 Å².